The van der Waals surface area contributed by atoms with Crippen LogP contribution in [0.15, 0.2) is 50.2 Å². The van der Waals surface area contributed by atoms with E-state index in [1.165, 1.54) is 12.1 Å². The number of carboxylic acids is 2. The summed E-state index contributed by atoms with van der Waals surface area (Å²) in [6.07, 6.45) is 0. The van der Waals surface area contributed by atoms with Gasteiger partial charge in [0.1, 0.15) is 0 Å². The smallest absolute Gasteiger partial charge is 0.337 e. The fourth-order valence-corrected chi connectivity index (χ4v) is 2.35. The van der Waals surface area contributed by atoms with Gasteiger partial charge >= 0.3 is 11.9 Å². The van der Waals surface area contributed by atoms with Gasteiger partial charge < -0.3 is 15.9 Å². The second kappa shape index (κ2) is 8.21. The van der Waals surface area contributed by atoms with Gasteiger partial charge in [-0.05, 0) is 36.4 Å². The summed E-state index contributed by atoms with van der Waals surface area (Å²) in [5, 5.41) is 17.2. The standard InChI is InChI=1S/C7H6BrNO2.C7H5BrO2S/c8-4-1-2-6(9)5(3-4)7(10)11;8-4-1-2-6(11)5(3-4)7(9)10/h1-3H,9H2,(H,10,11);1-3,11H,(H,9,10). The molecule has 22 heavy (non-hydrogen) atoms. The lowest BCUT2D eigenvalue weighted by Gasteiger charge is -1.99. The van der Waals surface area contributed by atoms with Crippen LogP contribution >= 0.6 is 44.5 Å². The molecule has 2 aromatic rings. The molecule has 0 heterocycles. The number of hydrogen-bond donors (Lipinski definition) is 4. The van der Waals surface area contributed by atoms with Gasteiger partial charge in [-0.15, -0.1) is 12.6 Å². The number of carbonyl (C=O) groups is 2. The van der Waals surface area contributed by atoms with E-state index in [9.17, 15) is 9.59 Å². The molecule has 0 amide bonds. The highest BCUT2D eigenvalue weighted by Gasteiger charge is 2.07. The summed E-state index contributed by atoms with van der Waals surface area (Å²) in [4.78, 5) is 21.5. The first-order valence-corrected chi connectivity index (χ1v) is 7.75. The second-order valence-corrected chi connectivity index (χ2v) is 6.32. The lowest BCUT2D eigenvalue weighted by atomic mass is 10.2. The number of thiol groups is 1. The van der Waals surface area contributed by atoms with E-state index in [1.807, 2.05) is 0 Å². The van der Waals surface area contributed by atoms with E-state index < -0.39 is 11.9 Å². The first-order valence-electron chi connectivity index (χ1n) is 5.72. The summed E-state index contributed by atoms with van der Waals surface area (Å²) >= 11 is 10.3. The summed E-state index contributed by atoms with van der Waals surface area (Å²) in [6.45, 7) is 0. The summed E-state index contributed by atoms with van der Waals surface area (Å²) in [5.41, 5.74) is 6.00. The number of aromatic carboxylic acids is 2. The molecule has 0 spiro atoms. The largest absolute Gasteiger partial charge is 0.478 e. The maximum atomic E-state index is 10.5. The molecule has 0 aromatic heterocycles. The van der Waals surface area contributed by atoms with Crippen LogP contribution in [0.1, 0.15) is 20.7 Å². The number of hydrogen-bond acceptors (Lipinski definition) is 4. The third kappa shape index (κ3) is 5.36. The molecular weight excluding hydrogens is 438 g/mol. The zero-order valence-electron chi connectivity index (χ0n) is 11.0. The molecule has 8 heteroatoms. The van der Waals surface area contributed by atoms with Gasteiger partial charge in [-0.2, -0.15) is 0 Å². The molecule has 0 unspecified atom stereocenters. The van der Waals surface area contributed by atoms with E-state index in [1.54, 1.807) is 24.3 Å². The number of anilines is 1. The van der Waals surface area contributed by atoms with Crippen LogP contribution in [0.5, 0.6) is 0 Å². The van der Waals surface area contributed by atoms with Crippen molar-refractivity contribution in [3.05, 3.63) is 56.5 Å². The fraction of sp³-hybridized carbons (Fsp3) is 0. The van der Waals surface area contributed by atoms with Crippen molar-refractivity contribution in [3.63, 3.8) is 0 Å². The Hall–Kier alpha value is -1.51. The van der Waals surface area contributed by atoms with Crippen LogP contribution in [0.4, 0.5) is 5.69 Å². The first kappa shape index (κ1) is 18.5. The average molecular weight is 449 g/mol. The molecule has 2 aromatic carbocycles. The SMILES string of the molecule is Nc1ccc(Br)cc1C(=O)O.O=C(O)c1cc(Br)ccc1S. The minimum Gasteiger partial charge on any atom is -0.478 e. The van der Waals surface area contributed by atoms with Gasteiger partial charge in [0.25, 0.3) is 0 Å². The van der Waals surface area contributed by atoms with Crippen molar-refractivity contribution in [2.75, 3.05) is 5.73 Å². The van der Waals surface area contributed by atoms with Crippen LogP contribution in [0.2, 0.25) is 0 Å². The second-order valence-electron chi connectivity index (χ2n) is 4.00. The van der Waals surface area contributed by atoms with Crippen molar-refractivity contribution < 1.29 is 19.8 Å². The Kier molecular flexibility index (Phi) is 6.92. The van der Waals surface area contributed by atoms with Crippen molar-refractivity contribution >= 4 is 62.1 Å². The van der Waals surface area contributed by atoms with E-state index in [0.29, 0.717) is 9.37 Å². The lowest BCUT2D eigenvalue weighted by molar-refractivity contribution is 0.0684. The van der Waals surface area contributed by atoms with Gasteiger partial charge in [-0.25, -0.2) is 9.59 Å². The number of nitrogens with two attached hydrogens (primary N) is 1. The van der Waals surface area contributed by atoms with Gasteiger partial charge in [0.2, 0.25) is 0 Å². The van der Waals surface area contributed by atoms with Crippen molar-refractivity contribution in [2.24, 2.45) is 0 Å². The molecule has 0 bridgehead atoms. The zero-order chi connectivity index (χ0) is 16.9. The van der Waals surface area contributed by atoms with E-state index >= 15 is 0 Å². The Morgan fingerprint density at radius 2 is 1.36 bits per heavy atom. The third-order valence-electron chi connectivity index (χ3n) is 2.43. The molecule has 116 valence electrons. The maximum absolute atomic E-state index is 10.5. The monoisotopic (exact) mass is 447 g/mol. The van der Waals surface area contributed by atoms with Gasteiger partial charge in [-0.3, -0.25) is 0 Å². The number of benzene rings is 2. The normalized spacial score (nSPS) is 9.59. The number of carboxylic acid groups (broad SMARTS) is 2. The Morgan fingerprint density at radius 1 is 0.909 bits per heavy atom. The minimum absolute atomic E-state index is 0.124. The molecule has 0 atom stereocenters. The van der Waals surface area contributed by atoms with E-state index in [-0.39, 0.29) is 16.8 Å². The van der Waals surface area contributed by atoms with Crippen molar-refractivity contribution in [1.82, 2.24) is 0 Å². The molecular formula is C14H11Br2NO4S. The van der Waals surface area contributed by atoms with Gasteiger partial charge in [0.05, 0.1) is 11.1 Å². The van der Waals surface area contributed by atoms with Crippen LogP contribution in [0.3, 0.4) is 0 Å². The maximum Gasteiger partial charge on any atom is 0.337 e. The highest BCUT2D eigenvalue weighted by molar-refractivity contribution is 9.10. The van der Waals surface area contributed by atoms with Crippen molar-refractivity contribution in [3.8, 4) is 0 Å². The zero-order valence-corrected chi connectivity index (χ0v) is 15.0. The van der Waals surface area contributed by atoms with Crippen molar-refractivity contribution in [1.29, 1.82) is 0 Å². The quantitative estimate of drug-likeness (QED) is 0.408. The van der Waals surface area contributed by atoms with Crippen LogP contribution in [-0.2, 0) is 0 Å². The highest BCUT2D eigenvalue weighted by Crippen LogP contribution is 2.19. The molecule has 0 aliphatic rings. The third-order valence-corrected chi connectivity index (χ3v) is 3.81. The molecule has 2 rings (SSSR count). The molecule has 0 saturated carbocycles. The van der Waals surface area contributed by atoms with Gasteiger partial charge in [-0.1, -0.05) is 31.9 Å². The van der Waals surface area contributed by atoms with Crippen LogP contribution < -0.4 is 5.73 Å². The summed E-state index contributed by atoms with van der Waals surface area (Å²) in [7, 11) is 0. The Balaban J connectivity index is 0.000000220. The molecule has 0 radical (unpaired) electrons. The van der Waals surface area contributed by atoms with Crippen LogP contribution in [0, 0.1) is 0 Å². The predicted molar refractivity (Wildman–Crippen MR) is 93.9 cm³/mol. The van der Waals surface area contributed by atoms with Gasteiger partial charge in [0, 0.05) is 19.5 Å². The molecule has 4 N–H and O–H groups in total. The molecule has 0 aliphatic heterocycles. The lowest BCUT2D eigenvalue weighted by Crippen LogP contribution is -2.01. The summed E-state index contributed by atoms with van der Waals surface area (Å²) in [6, 6.07) is 9.61. The molecule has 0 aliphatic carbocycles. The Morgan fingerprint density at radius 3 is 1.77 bits per heavy atom. The fourth-order valence-electron chi connectivity index (χ4n) is 1.39. The number of halogens is 2. The minimum atomic E-state index is -1.01. The Labute approximate surface area is 148 Å². The average Bonchev–Trinajstić information content (AvgIpc) is 2.44. The number of nitrogen functional groups attached to an aromatic ring is 1. The Bertz CT molecular complexity index is 660. The topological polar surface area (TPSA) is 101 Å². The van der Waals surface area contributed by atoms with E-state index in [4.69, 9.17) is 15.9 Å². The molecule has 0 saturated heterocycles. The van der Waals surface area contributed by atoms with E-state index in [0.717, 1.165) is 4.47 Å². The highest BCUT2D eigenvalue weighted by atomic mass is 79.9. The number of rotatable bonds is 2. The molecule has 0 fully saturated rings. The summed E-state index contributed by atoms with van der Waals surface area (Å²) < 4.78 is 1.46. The van der Waals surface area contributed by atoms with Crippen LogP contribution in [0.25, 0.3) is 0 Å². The predicted octanol–water partition coefficient (Wildman–Crippen LogP) is 4.17. The van der Waals surface area contributed by atoms with Crippen LogP contribution in [-0.4, -0.2) is 22.2 Å². The van der Waals surface area contributed by atoms with Crippen molar-refractivity contribution in [2.45, 2.75) is 4.90 Å². The summed E-state index contributed by atoms with van der Waals surface area (Å²) in [5.74, 6) is -1.97. The van der Waals surface area contributed by atoms with Gasteiger partial charge in [0.15, 0.2) is 0 Å². The first-order chi connectivity index (χ1) is 10.2. The van der Waals surface area contributed by atoms with E-state index in [2.05, 4.69) is 44.5 Å². The molecule has 5 nitrogen and oxygen atoms in total.